The zero-order valence-corrected chi connectivity index (χ0v) is 21.8. The minimum absolute atomic E-state index is 0.0196. The van der Waals surface area contributed by atoms with Gasteiger partial charge in [0.1, 0.15) is 0 Å². The molecular weight excluding hydrogens is 550 g/mol. The maximum atomic E-state index is 13.7. The Labute approximate surface area is 223 Å². The summed E-state index contributed by atoms with van der Waals surface area (Å²) < 4.78 is 101. The van der Waals surface area contributed by atoms with Gasteiger partial charge < -0.3 is 15.2 Å². The van der Waals surface area contributed by atoms with Crippen molar-refractivity contribution in [2.45, 2.75) is 74.0 Å². The quantitative estimate of drug-likeness (QED) is 0.482. The number of aryl methyl sites for hydroxylation is 2. The van der Waals surface area contributed by atoms with E-state index in [0.29, 0.717) is 43.1 Å². The monoisotopic (exact) mass is 578 g/mol. The van der Waals surface area contributed by atoms with E-state index in [9.17, 15) is 40.5 Å². The SMILES string of the molecule is Cc1ccc(S(=O)N2c3ccc(C(O)(C(F)(F)F)C(F)(F)F)cc3CC[C@H]2CC(=O)NC2CCOCC2)cc1. The van der Waals surface area contributed by atoms with E-state index in [1.807, 2.05) is 6.92 Å². The molecule has 1 unspecified atom stereocenters. The zero-order chi connectivity index (χ0) is 28.6. The van der Waals surface area contributed by atoms with Crippen molar-refractivity contribution in [1.29, 1.82) is 0 Å². The van der Waals surface area contributed by atoms with Crippen molar-refractivity contribution in [2.24, 2.45) is 0 Å². The van der Waals surface area contributed by atoms with Crippen LogP contribution >= 0.6 is 0 Å². The molecule has 39 heavy (non-hydrogen) atoms. The second kappa shape index (κ2) is 11.1. The highest BCUT2D eigenvalue weighted by molar-refractivity contribution is 7.86. The Kier molecular flexibility index (Phi) is 8.34. The number of carbonyl (C=O) groups is 1. The third kappa shape index (κ3) is 5.94. The van der Waals surface area contributed by atoms with Crippen LogP contribution in [0.1, 0.15) is 42.4 Å². The molecule has 2 aliphatic heterocycles. The molecule has 2 aromatic rings. The van der Waals surface area contributed by atoms with E-state index in [0.717, 1.165) is 11.6 Å². The number of nitrogens with one attached hydrogen (secondary N) is 1. The van der Waals surface area contributed by atoms with Gasteiger partial charge in [-0.05, 0) is 56.4 Å². The molecule has 0 saturated carbocycles. The van der Waals surface area contributed by atoms with Crippen LogP contribution in [-0.4, -0.2) is 52.9 Å². The Balaban J connectivity index is 1.70. The minimum Gasteiger partial charge on any atom is -0.381 e. The second-order valence-corrected chi connectivity index (χ2v) is 11.2. The molecule has 2 N–H and O–H groups in total. The van der Waals surface area contributed by atoms with Gasteiger partial charge in [0.15, 0.2) is 11.0 Å². The maximum Gasteiger partial charge on any atom is 0.430 e. The molecule has 2 aromatic carbocycles. The van der Waals surface area contributed by atoms with E-state index in [4.69, 9.17) is 4.74 Å². The van der Waals surface area contributed by atoms with E-state index in [-0.39, 0.29) is 42.5 Å². The molecule has 214 valence electrons. The van der Waals surface area contributed by atoms with Gasteiger partial charge in [0.25, 0.3) is 5.60 Å². The van der Waals surface area contributed by atoms with Crippen molar-refractivity contribution < 1.29 is 45.2 Å². The molecule has 2 heterocycles. The Morgan fingerprint density at radius 3 is 2.23 bits per heavy atom. The van der Waals surface area contributed by atoms with Crippen LogP contribution < -0.4 is 9.62 Å². The lowest BCUT2D eigenvalue weighted by Gasteiger charge is -2.39. The molecule has 1 amide bonds. The summed E-state index contributed by atoms with van der Waals surface area (Å²) in [4.78, 5) is 13.2. The molecule has 4 rings (SSSR count). The number of benzene rings is 2. The van der Waals surface area contributed by atoms with Crippen LogP contribution in [0.25, 0.3) is 0 Å². The number of rotatable bonds is 6. The molecule has 0 spiro atoms. The summed E-state index contributed by atoms with van der Waals surface area (Å²) in [6.45, 7) is 2.85. The average Bonchev–Trinajstić information content (AvgIpc) is 2.87. The van der Waals surface area contributed by atoms with Gasteiger partial charge in [0.2, 0.25) is 5.91 Å². The van der Waals surface area contributed by atoms with Crippen LogP contribution in [0.5, 0.6) is 0 Å². The molecule has 0 aromatic heterocycles. The standard InChI is InChI=1S/C26H28F6N2O4S/c1-16-2-7-21(8-3-16)39(37)34-20(15-23(35)33-19-10-12-38-13-11-19)6-4-17-14-18(5-9-22(17)34)24(36,25(27,28)29)26(30,31)32/h2-3,5,7-9,14,19-20,36H,4,6,10-13,15H2,1H3,(H,33,35)/t20-,39?/m0/s1. The van der Waals surface area contributed by atoms with Crippen molar-refractivity contribution in [3.8, 4) is 0 Å². The van der Waals surface area contributed by atoms with E-state index < -0.39 is 40.5 Å². The Bertz CT molecular complexity index is 1200. The van der Waals surface area contributed by atoms with Crippen LogP contribution in [0, 0.1) is 6.92 Å². The van der Waals surface area contributed by atoms with E-state index in [1.54, 1.807) is 24.3 Å². The molecule has 0 radical (unpaired) electrons. The van der Waals surface area contributed by atoms with Gasteiger partial charge in [-0.3, -0.25) is 9.10 Å². The first kappa shape index (κ1) is 29.3. The normalized spacial score (nSPS) is 19.9. The topological polar surface area (TPSA) is 78.9 Å². The Morgan fingerprint density at radius 2 is 1.64 bits per heavy atom. The number of hydrogen-bond donors (Lipinski definition) is 2. The third-order valence-corrected chi connectivity index (χ3v) is 8.57. The van der Waals surface area contributed by atoms with Crippen molar-refractivity contribution in [3.63, 3.8) is 0 Å². The molecule has 6 nitrogen and oxygen atoms in total. The largest absolute Gasteiger partial charge is 0.430 e. The van der Waals surface area contributed by atoms with Gasteiger partial charge in [-0.2, -0.15) is 26.3 Å². The van der Waals surface area contributed by atoms with Crippen molar-refractivity contribution in [3.05, 3.63) is 59.2 Å². The summed E-state index contributed by atoms with van der Waals surface area (Å²) in [5, 5.41) is 12.8. The lowest BCUT2D eigenvalue weighted by Crippen LogP contribution is -2.54. The first-order valence-electron chi connectivity index (χ1n) is 12.4. The van der Waals surface area contributed by atoms with Crippen LogP contribution in [0.2, 0.25) is 0 Å². The van der Waals surface area contributed by atoms with Crippen molar-refractivity contribution >= 4 is 22.6 Å². The maximum absolute atomic E-state index is 13.7. The highest BCUT2D eigenvalue weighted by atomic mass is 32.2. The number of anilines is 1. The fraction of sp³-hybridized carbons (Fsp3) is 0.500. The minimum atomic E-state index is -6.02. The molecule has 13 heteroatoms. The van der Waals surface area contributed by atoms with E-state index in [1.165, 1.54) is 4.31 Å². The first-order chi connectivity index (χ1) is 18.2. The van der Waals surface area contributed by atoms with Gasteiger partial charge in [-0.25, -0.2) is 4.21 Å². The third-order valence-electron chi connectivity index (χ3n) is 7.04. The number of ether oxygens (including phenoxy) is 1. The summed E-state index contributed by atoms with van der Waals surface area (Å²) in [6, 6.07) is 8.15. The highest BCUT2D eigenvalue weighted by Gasteiger charge is 2.71. The van der Waals surface area contributed by atoms with Gasteiger partial charge in [0, 0.05) is 31.2 Å². The van der Waals surface area contributed by atoms with Crippen LogP contribution in [-0.2, 0) is 32.5 Å². The lowest BCUT2D eigenvalue weighted by molar-refractivity contribution is -0.376. The summed E-state index contributed by atoms with van der Waals surface area (Å²) in [5.41, 5.74) is -5.36. The highest BCUT2D eigenvalue weighted by Crippen LogP contribution is 2.51. The summed E-state index contributed by atoms with van der Waals surface area (Å²) in [7, 11) is -1.93. The number of hydrogen-bond acceptors (Lipinski definition) is 4. The molecule has 2 atom stereocenters. The molecular formula is C26H28F6N2O4S. The fourth-order valence-electron chi connectivity index (χ4n) is 4.87. The van der Waals surface area contributed by atoms with Crippen molar-refractivity contribution in [2.75, 3.05) is 17.5 Å². The Morgan fingerprint density at radius 1 is 1.03 bits per heavy atom. The predicted molar refractivity (Wildman–Crippen MR) is 131 cm³/mol. The zero-order valence-electron chi connectivity index (χ0n) is 20.9. The van der Waals surface area contributed by atoms with Crippen LogP contribution in [0.3, 0.4) is 0 Å². The Hall–Kier alpha value is -2.64. The van der Waals surface area contributed by atoms with Gasteiger partial charge in [-0.1, -0.05) is 29.8 Å². The number of alkyl halides is 6. The number of amides is 1. The van der Waals surface area contributed by atoms with Gasteiger partial charge in [-0.15, -0.1) is 0 Å². The molecule has 1 fully saturated rings. The lowest BCUT2D eigenvalue weighted by atomic mass is 9.87. The van der Waals surface area contributed by atoms with Crippen LogP contribution in [0.4, 0.5) is 32.0 Å². The average molecular weight is 579 g/mol. The fourth-order valence-corrected chi connectivity index (χ4v) is 6.27. The number of fused-ring (bicyclic) bond motifs is 1. The van der Waals surface area contributed by atoms with E-state index in [2.05, 4.69) is 5.32 Å². The van der Waals surface area contributed by atoms with Crippen molar-refractivity contribution in [1.82, 2.24) is 5.32 Å². The molecule has 0 bridgehead atoms. The molecule has 0 aliphatic carbocycles. The first-order valence-corrected chi connectivity index (χ1v) is 13.5. The summed E-state index contributed by atoms with van der Waals surface area (Å²) in [6.07, 6.45) is -10.7. The number of nitrogens with zero attached hydrogens (tertiary/aromatic N) is 1. The predicted octanol–water partition coefficient (Wildman–Crippen LogP) is 4.84. The summed E-state index contributed by atoms with van der Waals surface area (Å²) >= 11 is 0. The van der Waals surface area contributed by atoms with E-state index >= 15 is 0 Å². The van der Waals surface area contributed by atoms with Gasteiger partial charge >= 0.3 is 12.4 Å². The number of aliphatic hydroxyl groups is 1. The van der Waals surface area contributed by atoms with Crippen LogP contribution in [0.15, 0.2) is 47.4 Å². The number of halogens is 6. The smallest absolute Gasteiger partial charge is 0.381 e. The molecule has 2 aliphatic rings. The number of carbonyl (C=O) groups excluding carboxylic acids is 1. The van der Waals surface area contributed by atoms with Gasteiger partial charge in [0.05, 0.1) is 16.6 Å². The summed E-state index contributed by atoms with van der Waals surface area (Å²) in [5.74, 6) is -0.304. The molecule has 1 saturated heterocycles. The second-order valence-electron chi connectivity index (χ2n) is 9.79.